The van der Waals surface area contributed by atoms with Crippen LogP contribution in [-0.4, -0.2) is 18.1 Å². The first-order valence-corrected chi connectivity index (χ1v) is 9.98. The molecule has 1 aliphatic rings. The molecule has 1 unspecified atom stereocenters. The highest BCUT2D eigenvalue weighted by atomic mass is 32.5. The van der Waals surface area contributed by atoms with E-state index in [1.54, 1.807) is 0 Å². The first kappa shape index (κ1) is 17.2. The number of hydrogen-bond donors (Lipinski definition) is 0. The van der Waals surface area contributed by atoms with Crippen LogP contribution in [0.3, 0.4) is 0 Å². The largest absolute Gasteiger partial charge is 0.326 e. The lowest BCUT2D eigenvalue weighted by Crippen LogP contribution is -2.08. The Morgan fingerprint density at radius 2 is 2.00 bits per heavy atom. The smallest absolute Gasteiger partial charge is 0.220 e. The summed E-state index contributed by atoms with van der Waals surface area (Å²) in [5.74, 6) is 0. The van der Waals surface area contributed by atoms with Gasteiger partial charge in [-0.05, 0) is 31.2 Å². The van der Waals surface area contributed by atoms with Crippen molar-refractivity contribution in [2.24, 2.45) is 0 Å². The Morgan fingerprint density at radius 3 is 2.63 bits per heavy atom. The van der Waals surface area contributed by atoms with Gasteiger partial charge < -0.3 is 9.05 Å². The lowest BCUT2D eigenvalue weighted by molar-refractivity contribution is 0.256. The fraction of sp³-hybridized carbons (Fsp3) is 0.643. The zero-order valence-electron chi connectivity index (χ0n) is 11.8. The molecule has 0 fully saturated rings. The fourth-order valence-electron chi connectivity index (χ4n) is 1.84. The number of allylic oxidation sites excluding steroid dienone is 4. The maximum atomic E-state index is 5.94. The summed E-state index contributed by atoms with van der Waals surface area (Å²) in [5.41, 5.74) is 0. The molecule has 0 aromatic rings. The molecule has 0 amide bonds. The summed E-state index contributed by atoms with van der Waals surface area (Å²) in [4.78, 5) is 0.868. The van der Waals surface area contributed by atoms with Crippen molar-refractivity contribution in [1.82, 2.24) is 0 Å². The Balaban J connectivity index is 2.63. The van der Waals surface area contributed by atoms with Crippen molar-refractivity contribution >= 4 is 35.4 Å². The van der Waals surface area contributed by atoms with Gasteiger partial charge in [-0.1, -0.05) is 50.6 Å². The summed E-state index contributed by atoms with van der Waals surface area (Å²) in [6, 6.07) is 0. The first-order chi connectivity index (χ1) is 9.14. The molecule has 2 nitrogen and oxygen atoms in total. The molecule has 1 rings (SSSR count). The highest BCUT2D eigenvalue weighted by Gasteiger charge is 2.27. The second-order valence-electron chi connectivity index (χ2n) is 4.42. The van der Waals surface area contributed by atoms with Gasteiger partial charge in [0.05, 0.1) is 18.5 Å². The third-order valence-electron chi connectivity index (χ3n) is 2.83. The summed E-state index contributed by atoms with van der Waals surface area (Å²) < 4.78 is 11.7. The quantitative estimate of drug-likeness (QED) is 0.332. The van der Waals surface area contributed by atoms with E-state index in [-0.39, 0.29) is 0 Å². The van der Waals surface area contributed by atoms with Crippen molar-refractivity contribution < 1.29 is 9.05 Å². The van der Waals surface area contributed by atoms with Crippen LogP contribution in [0.2, 0.25) is 0 Å². The van der Waals surface area contributed by atoms with E-state index < -0.39 is 6.49 Å². The molecule has 0 radical (unpaired) electrons. The summed E-state index contributed by atoms with van der Waals surface area (Å²) in [5, 5.41) is 0.928. The standard InChI is InChI=1S/C14H23O2PS2/c1-3-5-6-9-12-16-17(19,15-4-2)13-10-7-8-11-14(13)18/h7-8,10H,3-6,9,11-12H2,1-2H3. The van der Waals surface area contributed by atoms with Crippen LogP contribution in [0.4, 0.5) is 0 Å². The summed E-state index contributed by atoms with van der Waals surface area (Å²) in [7, 11) is 0. The zero-order chi connectivity index (χ0) is 14.1. The van der Waals surface area contributed by atoms with E-state index in [0.717, 1.165) is 23.0 Å². The van der Waals surface area contributed by atoms with Crippen LogP contribution in [-0.2, 0) is 20.9 Å². The molecule has 1 aliphatic carbocycles. The van der Waals surface area contributed by atoms with Crippen LogP contribution in [0.25, 0.3) is 0 Å². The van der Waals surface area contributed by atoms with Gasteiger partial charge in [0.15, 0.2) is 0 Å². The van der Waals surface area contributed by atoms with E-state index in [9.17, 15) is 0 Å². The van der Waals surface area contributed by atoms with Crippen molar-refractivity contribution in [2.75, 3.05) is 13.2 Å². The molecule has 0 heterocycles. The lowest BCUT2D eigenvalue weighted by atomic mass is 10.2. The van der Waals surface area contributed by atoms with E-state index in [1.165, 1.54) is 19.3 Å². The highest BCUT2D eigenvalue weighted by Crippen LogP contribution is 2.58. The molecule has 0 aromatic heterocycles. The van der Waals surface area contributed by atoms with E-state index in [2.05, 4.69) is 6.92 Å². The molecule has 0 spiro atoms. The predicted octanol–water partition coefficient (Wildman–Crippen LogP) is 5.14. The summed E-state index contributed by atoms with van der Waals surface area (Å²) in [6.45, 7) is 2.98. The van der Waals surface area contributed by atoms with Crippen molar-refractivity contribution in [3.05, 3.63) is 23.5 Å². The summed E-state index contributed by atoms with van der Waals surface area (Å²) in [6.07, 6.45) is 11.4. The van der Waals surface area contributed by atoms with Crippen molar-refractivity contribution in [2.45, 2.75) is 46.0 Å². The average Bonchev–Trinajstić information content (AvgIpc) is 2.39. The van der Waals surface area contributed by atoms with Crippen LogP contribution in [0, 0.1) is 0 Å². The molecule has 1 atom stereocenters. The molecule has 108 valence electrons. The molecule has 0 N–H and O–H groups in total. The second-order valence-corrected chi connectivity index (χ2v) is 8.34. The monoisotopic (exact) mass is 318 g/mol. The minimum Gasteiger partial charge on any atom is -0.326 e. The lowest BCUT2D eigenvalue weighted by Gasteiger charge is -2.25. The van der Waals surface area contributed by atoms with Gasteiger partial charge in [-0.2, -0.15) is 0 Å². The van der Waals surface area contributed by atoms with Gasteiger partial charge in [-0.3, -0.25) is 0 Å². The number of thiocarbonyl (C=S) groups is 1. The first-order valence-electron chi connectivity index (χ1n) is 6.93. The van der Waals surface area contributed by atoms with Crippen LogP contribution < -0.4 is 0 Å². The van der Waals surface area contributed by atoms with Gasteiger partial charge >= 0.3 is 0 Å². The van der Waals surface area contributed by atoms with Gasteiger partial charge in [-0.25, -0.2) is 0 Å². The van der Waals surface area contributed by atoms with Crippen LogP contribution >= 0.6 is 18.7 Å². The molecule has 0 aromatic carbocycles. The van der Waals surface area contributed by atoms with E-state index in [0.29, 0.717) is 13.2 Å². The Bertz CT molecular complexity index is 402. The van der Waals surface area contributed by atoms with Crippen LogP contribution in [0.1, 0.15) is 46.0 Å². The minimum atomic E-state index is -2.40. The van der Waals surface area contributed by atoms with E-state index >= 15 is 0 Å². The highest BCUT2D eigenvalue weighted by molar-refractivity contribution is 8.12. The molecule has 19 heavy (non-hydrogen) atoms. The topological polar surface area (TPSA) is 18.5 Å². The minimum absolute atomic E-state index is 0.565. The SMILES string of the molecule is CCCCCCOP(=S)(OCC)C1=CC=CCC1=S. The van der Waals surface area contributed by atoms with Gasteiger partial charge in [0.25, 0.3) is 0 Å². The molecule has 0 bridgehead atoms. The number of unbranched alkanes of at least 4 members (excludes halogenated alkanes) is 3. The van der Waals surface area contributed by atoms with E-state index in [4.69, 9.17) is 33.1 Å². The normalized spacial score (nSPS) is 18.2. The van der Waals surface area contributed by atoms with Gasteiger partial charge in [0, 0.05) is 11.3 Å². The van der Waals surface area contributed by atoms with E-state index in [1.807, 2.05) is 25.2 Å². The average molecular weight is 318 g/mol. The molecule has 0 saturated heterocycles. The zero-order valence-corrected chi connectivity index (χ0v) is 14.3. The van der Waals surface area contributed by atoms with Crippen molar-refractivity contribution in [3.63, 3.8) is 0 Å². The Hall–Kier alpha value is 0.140. The maximum absolute atomic E-state index is 5.94. The van der Waals surface area contributed by atoms with Crippen LogP contribution in [0.5, 0.6) is 0 Å². The molecule has 0 saturated carbocycles. The molecular formula is C14H23O2PS2. The summed E-state index contributed by atoms with van der Waals surface area (Å²) >= 11 is 11.0. The van der Waals surface area contributed by atoms with Gasteiger partial charge in [0.2, 0.25) is 6.49 Å². The van der Waals surface area contributed by atoms with Gasteiger partial charge in [0.1, 0.15) is 0 Å². The Labute approximate surface area is 127 Å². The third-order valence-corrected chi connectivity index (χ3v) is 6.72. The Morgan fingerprint density at radius 1 is 1.21 bits per heavy atom. The Kier molecular flexibility index (Phi) is 8.27. The van der Waals surface area contributed by atoms with Crippen molar-refractivity contribution in [1.29, 1.82) is 0 Å². The third kappa shape index (κ3) is 5.57. The second kappa shape index (κ2) is 9.15. The van der Waals surface area contributed by atoms with Crippen LogP contribution in [0.15, 0.2) is 23.5 Å². The number of hydrogen-bond acceptors (Lipinski definition) is 4. The fourth-order valence-corrected chi connectivity index (χ4v) is 5.31. The number of rotatable bonds is 9. The van der Waals surface area contributed by atoms with Crippen molar-refractivity contribution in [3.8, 4) is 0 Å². The molecule has 5 heteroatoms. The molecular weight excluding hydrogens is 295 g/mol. The van der Waals surface area contributed by atoms with Gasteiger partial charge in [-0.15, -0.1) is 0 Å². The maximum Gasteiger partial charge on any atom is 0.220 e. The predicted molar refractivity (Wildman–Crippen MR) is 90.4 cm³/mol. The molecule has 0 aliphatic heterocycles.